The van der Waals surface area contributed by atoms with Gasteiger partial charge in [-0.1, -0.05) is 42.5 Å². The summed E-state index contributed by atoms with van der Waals surface area (Å²) >= 11 is 9.47. The van der Waals surface area contributed by atoms with Gasteiger partial charge in [-0.05, 0) is 12.0 Å². The summed E-state index contributed by atoms with van der Waals surface area (Å²) in [6, 6.07) is 10.4. The van der Waals surface area contributed by atoms with E-state index in [4.69, 9.17) is 12.2 Å². The topological polar surface area (TPSA) is 0 Å². The minimum Gasteiger partial charge on any atom is -0.170 e. The Morgan fingerprint density at radius 1 is 1.25 bits per heavy atom. The van der Waals surface area contributed by atoms with E-state index in [1.807, 2.05) is 6.07 Å². The van der Waals surface area contributed by atoms with Crippen molar-refractivity contribution in [1.82, 2.24) is 0 Å². The molecule has 0 radical (unpaired) electrons. The van der Waals surface area contributed by atoms with Crippen molar-refractivity contribution in [3.8, 4) is 0 Å². The molecular weight excluding hydrogens is 184 g/mol. The van der Waals surface area contributed by atoms with Gasteiger partial charge in [0.05, 0.1) is 0 Å². The van der Waals surface area contributed by atoms with Crippen LogP contribution in [0.5, 0.6) is 0 Å². The van der Waals surface area contributed by atoms with E-state index < -0.39 is 0 Å². The van der Waals surface area contributed by atoms with Crippen molar-refractivity contribution >= 4 is 29.7 Å². The van der Waals surface area contributed by atoms with Crippen molar-refractivity contribution < 1.29 is 0 Å². The molecule has 0 saturated heterocycles. The van der Waals surface area contributed by atoms with Crippen LogP contribution < -0.4 is 0 Å². The predicted molar refractivity (Wildman–Crippen MR) is 59.0 cm³/mol. The van der Waals surface area contributed by atoms with Gasteiger partial charge in [-0.3, -0.25) is 0 Å². The number of benzene rings is 1. The summed E-state index contributed by atoms with van der Waals surface area (Å²) < 4.78 is 0. The average molecular weight is 194 g/mol. The summed E-state index contributed by atoms with van der Waals surface area (Å²) in [7, 11) is 0. The van der Waals surface area contributed by atoms with Gasteiger partial charge >= 0.3 is 0 Å². The normalized spacial score (nSPS) is 27.2. The number of rotatable bonds is 2. The molecule has 0 aromatic heterocycles. The summed E-state index contributed by atoms with van der Waals surface area (Å²) in [4.78, 5) is 1.13. The molecule has 1 aliphatic carbocycles. The van der Waals surface area contributed by atoms with Gasteiger partial charge in [0.15, 0.2) is 0 Å². The van der Waals surface area contributed by atoms with Gasteiger partial charge in [0.1, 0.15) is 0 Å². The molecule has 1 aliphatic rings. The summed E-state index contributed by atoms with van der Waals surface area (Å²) in [5.74, 6) is 0.547. The summed E-state index contributed by atoms with van der Waals surface area (Å²) in [5.41, 5.74) is 1.36. The third-order valence-electron chi connectivity index (χ3n) is 2.23. The Kier molecular flexibility index (Phi) is 2.20. The van der Waals surface area contributed by atoms with Crippen molar-refractivity contribution in [3.63, 3.8) is 0 Å². The molecule has 0 heterocycles. The smallest absolute Gasteiger partial charge is 0.0411 e. The Bertz CT molecular complexity index is 292. The van der Waals surface area contributed by atoms with Crippen molar-refractivity contribution in [1.29, 1.82) is 0 Å². The molecule has 12 heavy (non-hydrogen) atoms. The zero-order chi connectivity index (χ0) is 8.55. The monoisotopic (exact) mass is 194 g/mol. The second kappa shape index (κ2) is 3.19. The first-order valence-corrected chi connectivity index (χ1v) is 4.97. The molecule has 0 spiro atoms. The fourth-order valence-electron chi connectivity index (χ4n) is 1.36. The number of hydrogen-bond donors (Lipinski definition) is 1. The first-order chi connectivity index (χ1) is 5.79. The highest BCUT2D eigenvalue weighted by Gasteiger charge is 2.41. The minimum atomic E-state index is 0.375. The van der Waals surface area contributed by atoms with Gasteiger partial charge < -0.3 is 0 Å². The zero-order valence-corrected chi connectivity index (χ0v) is 8.31. The van der Waals surface area contributed by atoms with Crippen LogP contribution >= 0.6 is 24.8 Å². The lowest BCUT2D eigenvalue weighted by molar-refractivity contribution is 0.887. The Morgan fingerprint density at radius 3 is 2.33 bits per heavy atom. The van der Waals surface area contributed by atoms with E-state index in [0.29, 0.717) is 11.2 Å². The molecule has 0 nitrogen and oxygen atoms in total. The molecular formula is C10H10S2. The van der Waals surface area contributed by atoms with Crippen LogP contribution in [0.2, 0.25) is 0 Å². The first-order valence-electron chi connectivity index (χ1n) is 4.05. The van der Waals surface area contributed by atoms with Crippen LogP contribution in [0.1, 0.15) is 5.56 Å². The minimum absolute atomic E-state index is 0.375. The van der Waals surface area contributed by atoms with Gasteiger partial charge in [0.25, 0.3) is 0 Å². The van der Waals surface area contributed by atoms with Crippen LogP contribution in [0.4, 0.5) is 0 Å². The standard InChI is InChI=1S/C10H10S2/c11-9-8(10(9)12)6-7-4-2-1-3-5-7/h1-5,8-9,11H,6H2. The average Bonchev–Trinajstić information content (AvgIpc) is 2.65. The molecule has 2 heteroatoms. The maximum atomic E-state index is 5.12. The maximum Gasteiger partial charge on any atom is 0.0411 e. The molecule has 1 saturated carbocycles. The molecule has 2 rings (SSSR count). The van der Waals surface area contributed by atoms with Crippen molar-refractivity contribution in [2.45, 2.75) is 11.7 Å². The summed E-state index contributed by atoms with van der Waals surface area (Å²) in [5, 5.41) is 0.375. The highest BCUT2D eigenvalue weighted by molar-refractivity contribution is 7.88. The van der Waals surface area contributed by atoms with Crippen LogP contribution in [0.3, 0.4) is 0 Å². The largest absolute Gasteiger partial charge is 0.170 e. The lowest BCUT2D eigenvalue weighted by Gasteiger charge is -1.96. The Hall–Kier alpha value is -0.340. The molecule has 0 amide bonds. The number of thiol groups is 1. The van der Waals surface area contributed by atoms with Gasteiger partial charge in [0.2, 0.25) is 0 Å². The third kappa shape index (κ3) is 1.54. The molecule has 1 aromatic rings. The van der Waals surface area contributed by atoms with Crippen molar-refractivity contribution in [2.24, 2.45) is 5.92 Å². The molecule has 62 valence electrons. The van der Waals surface area contributed by atoms with E-state index in [0.717, 1.165) is 11.3 Å². The second-order valence-electron chi connectivity index (χ2n) is 3.14. The highest BCUT2D eigenvalue weighted by Crippen LogP contribution is 2.35. The molecule has 0 N–H and O–H groups in total. The van der Waals surface area contributed by atoms with Crippen LogP contribution in [-0.2, 0) is 6.42 Å². The summed E-state index contributed by atoms with van der Waals surface area (Å²) in [6.07, 6.45) is 1.06. The SMILES string of the molecule is S=C1C(S)C1Cc1ccccc1. The Balaban J connectivity index is 2.02. The number of hydrogen-bond acceptors (Lipinski definition) is 2. The fraction of sp³-hybridized carbons (Fsp3) is 0.300. The van der Waals surface area contributed by atoms with E-state index in [-0.39, 0.29) is 0 Å². The van der Waals surface area contributed by atoms with E-state index in [1.165, 1.54) is 5.56 Å². The van der Waals surface area contributed by atoms with Crippen molar-refractivity contribution in [3.05, 3.63) is 35.9 Å². The lowest BCUT2D eigenvalue weighted by atomic mass is 10.1. The molecule has 2 atom stereocenters. The fourth-order valence-corrected chi connectivity index (χ4v) is 2.14. The van der Waals surface area contributed by atoms with Gasteiger partial charge in [-0.25, -0.2) is 0 Å². The molecule has 0 bridgehead atoms. The lowest BCUT2D eigenvalue weighted by Crippen LogP contribution is -1.88. The van der Waals surface area contributed by atoms with Gasteiger partial charge in [-0.15, -0.1) is 0 Å². The van der Waals surface area contributed by atoms with E-state index in [2.05, 4.69) is 36.9 Å². The van der Waals surface area contributed by atoms with Crippen LogP contribution in [0.15, 0.2) is 30.3 Å². The first kappa shape index (κ1) is 8.27. The molecule has 1 aromatic carbocycles. The summed E-state index contributed by atoms with van der Waals surface area (Å²) in [6.45, 7) is 0. The Morgan fingerprint density at radius 2 is 1.83 bits per heavy atom. The third-order valence-corrected chi connectivity index (χ3v) is 3.60. The molecule has 0 aliphatic heterocycles. The maximum absolute atomic E-state index is 5.12. The van der Waals surface area contributed by atoms with Crippen LogP contribution in [0, 0.1) is 5.92 Å². The molecule has 2 unspecified atom stereocenters. The Labute approximate surface area is 83.4 Å². The van der Waals surface area contributed by atoms with Gasteiger partial charge in [0, 0.05) is 16.0 Å². The quantitative estimate of drug-likeness (QED) is 0.557. The van der Waals surface area contributed by atoms with E-state index in [9.17, 15) is 0 Å². The van der Waals surface area contributed by atoms with E-state index in [1.54, 1.807) is 0 Å². The second-order valence-corrected chi connectivity index (χ2v) is 4.17. The van der Waals surface area contributed by atoms with Gasteiger partial charge in [-0.2, -0.15) is 12.6 Å². The van der Waals surface area contributed by atoms with E-state index >= 15 is 0 Å². The van der Waals surface area contributed by atoms with Crippen LogP contribution in [-0.4, -0.2) is 10.1 Å². The van der Waals surface area contributed by atoms with Crippen molar-refractivity contribution in [2.75, 3.05) is 0 Å². The molecule has 1 fully saturated rings. The predicted octanol–water partition coefficient (Wildman–Crippen LogP) is 2.53. The zero-order valence-electron chi connectivity index (χ0n) is 6.60. The number of thiocarbonyl (C=S) groups is 1. The van der Waals surface area contributed by atoms with Crippen LogP contribution in [0.25, 0.3) is 0 Å². The highest BCUT2D eigenvalue weighted by atomic mass is 32.1.